The smallest absolute Gasteiger partial charge is 0.308 e. The molecule has 3 aromatic rings. The van der Waals surface area contributed by atoms with Crippen LogP contribution >= 0.6 is 11.6 Å². The van der Waals surface area contributed by atoms with Gasteiger partial charge >= 0.3 is 5.22 Å². The topological polar surface area (TPSA) is 78.1 Å². The first-order chi connectivity index (χ1) is 11.2. The van der Waals surface area contributed by atoms with Crippen LogP contribution in [0.4, 0.5) is 0 Å². The van der Waals surface area contributed by atoms with Crippen LogP contribution in [-0.4, -0.2) is 26.5 Å². The molecule has 0 radical (unpaired) electrons. The van der Waals surface area contributed by atoms with E-state index in [0.717, 1.165) is 0 Å². The summed E-state index contributed by atoms with van der Waals surface area (Å²) in [6.45, 7) is 0. The molecule has 0 N–H and O–H groups in total. The van der Waals surface area contributed by atoms with Crippen molar-refractivity contribution >= 4 is 22.4 Å². The summed E-state index contributed by atoms with van der Waals surface area (Å²) in [4.78, 5) is 4.17. The molecule has 0 saturated carbocycles. The van der Waals surface area contributed by atoms with Gasteiger partial charge in [0.05, 0.1) is 24.8 Å². The van der Waals surface area contributed by atoms with Crippen LogP contribution in [0.15, 0.2) is 52.2 Å². The van der Waals surface area contributed by atoms with Crippen molar-refractivity contribution in [1.29, 1.82) is 0 Å². The fraction of sp³-hybridized carbons (Fsp3) is 0.133. The molecular weight excluding hydrogens is 338 g/mol. The summed E-state index contributed by atoms with van der Waals surface area (Å²) in [7, 11) is 0.0911. The van der Waals surface area contributed by atoms with Crippen molar-refractivity contribution < 1.29 is 13.4 Å². The van der Waals surface area contributed by atoms with Gasteiger partial charge in [0, 0.05) is 10.6 Å². The zero-order valence-corrected chi connectivity index (χ0v) is 13.7. The molecule has 0 aliphatic carbocycles. The van der Waals surface area contributed by atoms with Crippen molar-refractivity contribution in [3.63, 3.8) is 0 Å². The van der Waals surface area contributed by atoms with E-state index in [4.69, 9.17) is 20.8 Å². The van der Waals surface area contributed by atoms with Gasteiger partial charge in [-0.1, -0.05) is 16.7 Å². The highest BCUT2D eigenvalue weighted by molar-refractivity contribution is 7.83. The number of halogens is 1. The maximum atomic E-state index is 12.3. The zero-order chi connectivity index (χ0) is 16.2. The molecule has 0 spiro atoms. The second-order valence-corrected chi connectivity index (χ2v) is 6.32. The molecule has 0 saturated heterocycles. The van der Waals surface area contributed by atoms with Gasteiger partial charge in [0.1, 0.15) is 16.5 Å². The van der Waals surface area contributed by atoms with Crippen LogP contribution in [0.1, 0.15) is 5.69 Å². The second kappa shape index (κ2) is 6.89. The highest BCUT2D eigenvalue weighted by atomic mass is 35.5. The van der Waals surface area contributed by atoms with E-state index < -0.39 is 10.8 Å². The molecule has 2 heterocycles. The SMILES string of the molecule is COc1ccc(CS(=O)c2nnc(-c3ccc(Cl)cc3)o2)nc1. The Kier molecular flexibility index (Phi) is 4.68. The van der Waals surface area contributed by atoms with Crippen molar-refractivity contribution in [2.45, 2.75) is 11.0 Å². The van der Waals surface area contributed by atoms with E-state index in [9.17, 15) is 4.21 Å². The lowest BCUT2D eigenvalue weighted by molar-refractivity contribution is 0.412. The summed E-state index contributed by atoms with van der Waals surface area (Å²) in [6.07, 6.45) is 1.57. The summed E-state index contributed by atoms with van der Waals surface area (Å²) >= 11 is 5.84. The van der Waals surface area contributed by atoms with Gasteiger partial charge < -0.3 is 9.15 Å². The first-order valence-electron chi connectivity index (χ1n) is 6.62. The lowest BCUT2D eigenvalue weighted by atomic mass is 10.2. The summed E-state index contributed by atoms with van der Waals surface area (Å²) < 4.78 is 22.8. The quantitative estimate of drug-likeness (QED) is 0.704. The lowest BCUT2D eigenvalue weighted by Gasteiger charge is -2.00. The van der Waals surface area contributed by atoms with Crippen molar-refractivity contribution in [3.05, 3.63) is 53.3 Å². The summed E-state index contributed by atoms with van der Waals surface area (Å²) in [5, 5.41) is 8.43. The third-order valence-corrected chi connectivity index (χ3v) is 4.37. The van der Waals surface area contributed by atoms with Crippen LogP contribution < -0.4 is 4.74 Å². The highest BCUT2D eigenvalue weighted by Crippen LogP contribution is 2.22. The Morgan fingerprint density at radius 2 is 1.96 bits per heavy atom. The molecule has 6 nitrogen and oxygen atoms in total. The third kappa shape index (κ3) is 3.75. The number of nitrogens with zero attached hydrogens (tertiary/aromatic N) is 3. The maximum Gasteiger partial charge on any atom is 0.308 e. The van der Waals surface area contributed by atoms with Crippen LogP contribution in [0, 0.1) is 0 Å². The Bertz CT molecular complexity index is 819. The molecule has 3 rings (SSSR count). The van der Waals surface area contributed by atoms with Crippen molar-refractivity contribution in [1.82, 2.24) is 15.2 Å². The Labute approximate surface area is 139 Å². The number of hydrogen-bond donors (Lipinski definition) is 0. The standard InChI is InChI=1S/C15H12ClN3O3S/c1-21-13-7-6-12(17-8-13)9-23(20)15-19-18-14(22-15)10-2-4-11(16)5-3-10/h2-8H,9H2,1H3. The van der Waals surface area contributed by atoms with Gasteiger partial charge in [0.25, 0.3) is 0 Å². The molecule has 0 aliphatic heterocycles. The average Bonchev–Trinajstić information content (AvgIpc) is 3.06. The van der Waals surface area contributed by atoms with Crippen LogP contribution in [0.25, 0.3) is 11.5 Å². The van der Waals surface area contributed by atoms with E-state index >= 15 is 0 Å². The minimum atomic E-state index is -1.47. The Hall–Kier alpha value is -2.25. The first kappa shape index (κ1) is 15.6. The number of pyridine rings is 1. The minimum Gasteiger partial charge on any atom is -0.495 e. The van der Waals surface area contributed by atoms with E-state index in [1.807, 2.05) is 0 Å². The van der Waals surface area contributed by atoms with Crippen LogP contribution in [0.2, 0.25) is 5.02 Å². The third-order valence-electron chi connectivity index (χ3n) is 3.00. The molecule has 1 unspecified atom stereocenters. The van der Waals surface area contributed by atoms with Crippen molar-refractivity contribution in [2.75, 3.05) is 7.11 Å². The zero-order valence-electron chi connectivity index (χ0n) is 12.1. The van der Waals surface area contributed by atoms with E-state index in [2.05, 4.69) is 15.2 Å². The van der Waals surface area contributed by atoms with E-state index in [-0.39, 0.29) is 11.0 Å². The predicted molar refractivity (Wildman–Crippen MR) is 85.6 cm³/mol. The molecule has 118 valence electrons. The minimum absolute atomic E-state index is 0.0626. The Morgan fingerprint density at radius 3 is 2.61 bits per heavy atom. The van der Waals surface area contributed by atoms with Crippen molar-refractivity contribution in [2.24, 2.45) is 0 Å². The fourth-order valence-corrected chi connectivity index (χ4v) is 2.82. The molecule has 8 heteroatoms. The van der Waals surface area contributed by atoms with E-state index in [0.29, 0.717) is 27.9 Å². The van der Waals surface area contributed by atoms with Crippen LogP contribution in [-0.2, 0) is 16.6 Å². The van der Waals surface area contributed by atoms with E-state index in [1.54, 1.807) is 49.7 Å². The Morgan fingerprint density at radius 1 is 1.17 bits per heavy atom. The van der Waals surface area contributed by atoms with E-state index in [1.165, 1.54) is 0 Å². The number of rotatable bonds is 5. The first-order valence-corrected chi connectivity index (χ1v) is 8.32. The normalized spacial score (nSPS) is 12.1. The summed E-state index contributed by atoms with van der Waals surface area (Å²) in [5.74, 6) is 1.13. The molecule has 0 aliphatic rings. The molecule has 0 amide bonds. The average molecular weight is 350 g/mol. The molecule has 0 fully saturated rings. The van der Waals surface area contributed by atoms with Gasteiger partial charge in [-0.2, -0.15) is 0 Å². The molecule has 23 heavy (non-hydrogen) atoms. The summed E-state index contributed by atoms with van der Waals surface area (Å²) in [6, 6.07) is 10.5. The highest BCUT2D eigenvalue weighted by Gasteiger charge is 2.15. The van der Waals surface area contributed by atoms with Crippen LogP contribution in [0.3, 0.4) is 0 Å². The number of aromatic nitrogens is 3. The number of hydrogen-bond acceptors (Lipinski definition) is 6. The second-order valence-electron chi connectivity index (χ2n) is 4.56. The largest absolute Gasteiger partial charge is 0.495 e. The number of benzene rings is 1. The Balaban J connectivity index is 1.74. The van der Waals surface area contributed by atoms with Gasteiger partial charge in [-0.25, -0.2) is 4.21 Å². The monoisotopic (exact) mass is 349 g/mol. The number of methoxy groups -OCH3 is 1. The van der Waals surface area contributed by atoms with Gasteiger partial charge in [0.15, 0.2) is 0 Å². The predicted octanol–water partition coefficient (Wildman–Crippen LogP) is 3.10. The van der Waals surface area contributed by atoms with Crippen molar-refractivity contribution in [3.8, 4) is 17.2 Å². The van der Waals surface area contributed by atoms with Gasteiger partial charge in [-0.15, -0.1) is 5.10 Å². The maximum absolute atomic E-state index is 12.3. The lowest BCUT2D eigenvalue weighted by Crippen LogP contribution is -1.99. The molecule has 1 aromatic carbocycles. The molecular formula is C15H12ClN3O3S. The molecule has 1 atom stereocenters. The molecule has 0 bridgehead atoms. The fourth-order valence-electron chi connectivity index (χ4n) is 1.82. The molecule has 2 aromatic heterocycles. The summed E-state index contributed by atoms with van der Waals surface area (Å²) in [5.41, 5.74) is 1.36. The van der Waals surface area contributed by atoms with Gasteiger partial charge in [-0.05, 0) is 36.4 Å². The number of ether oxygens (including phenoxy) is 1. The van der Waals surface area contributed by atoms with Gasteiger partial charge in [-0.3, -0.25) is 4.98 Å². The van der Waals surface area contributed by atoms with Crippen LogP contribution in [0.5, 0.6) is 5.75 Å². The van der Waals surface area contributed by atoms with Gasteiger partial charge in [0.2, 0.25) is 5.89 Å².